The molecule has 2 aromatic heterocycles. The molecule has 0 saturated carbocycles. The first-order chi connectivity index (χ1) is 9.46. The number of hydrogen-bond acceptors (Lipinski definition) is 5. The minimum Gasteiger partial charge on any atom is -0.305 e. The van der Waals surface area contributed by atoms with Gasteiger partial charge < -0.3 is 5.32 Å². The van der Waals surface area contributed by atoms with Gasteiger partial charge in [0.1, 0.15) is 9.84 Å². The van der Waals surface area contributed by atoms with Gasteiger partial charge in [-0.15, -0.1) is 22.7 Å². The molecule has 2 aromatic rings. The van der Waals surface area contributed by atoms with E-state index in [-0.39, 0.29) is 11.8 Å². The third-order valence-electron chi connectivity index (χ3n) is 2.75. The fourth-order valence-corrected chi connectivity index (χ4v) is 4.58. The molecule has 0 spiro atoms. The van der Waals surface area contributed by atoms with Crippen molar-refractivity contribution in [2.24, 2.45) is 0 Å². The summed E-state index contributed by atoms with van der Waals surface area (Å²) in [4.78, 5) is 2.36. The maximum Gasteiger partial charge on any atom is 0.147 e. The van der Waals surface area contributed by atoms with Crippen molar-refractivity contribution in [3.05, 3.63) is 43.7 Å². The first kappa shape index (κ1) is 16.0. The number of halogens is 1. The lowest BCUT2D eigenvalue weighted by Gasteiger charge is -2.16. The average Bonchev–Trinajstić information content (AvgIpc) is 2.99. The third-order valence-corrected chi connectivity index (χ3v) is 6.01. The smallest absolute Gasteiger partial charge is 0.147 e. The molecule has 0 aromatic carbocycles. The van der Waals surface area contributed by atoms with Crippen LogP contribution in [0.2, 0.25) is 4.34 Å². The molecule has 0 aliphatic rings. The quantitative estimate of drug-likeness (QED) is 0.777. The molecule has 0 aliphatic heterocycles. The number of hydrogen-bond donors (Lipinski definition) is 1. The molecule has 2 heterocycles. The van der Waals surface area contributed by atoms with Gasteiger partial charge >= 0.3 is 0 Å². The van der Waals surface area contributed by atoms with E-state index >= 15 is 0 Å². The number of thiophene rings is 2. The highest BCUT2D eigenvalue weighted by molar-refractivity contribution is 7.90. The summed E-state index contributed by atoms with van der Waals surface area (Å²) in [7, 11) is -2.89. The third kappa shape index (κ3) is 4.86. The monoisotopic (exact) mass is 349 g/mol. The number of sulfone groups is 1. The van der Waals surface area contributed by atoms with Crippen LogP contribution in [-0.4, -0.2) is 27.0 Å². The largest absolute Gasteiger partial charge is 0.305 e. The molecular formula is C13H16ClNO2S3. The molecule has 0 bridgehead atoms. The summed E-state index contributed by atoms with van der Waals surface area (Å²) in [5.74, 6) is 0.211. The summed E-state index contributed by atoms with van der Waals surface area (Å²) in [6, 6.07) is 8.08. The van der Waals surface area contributed by atoms with Crippen molar-refractivity contribution in [2.45, 2.75) is 12.5 Å². The molecule has 7 heteroatoms. The van der Waals surface area contributed by atoms with E-state index < -0.39 is 9.84 Å². The van der Waals surface area contributed by atoms with Gasteiger partial charge in [0, 0.05) is 16.0 Å². The van der Waals surface area contributed by atoms with Gasteiger partial charge in [0.05, 0.1) is 16.1 Å². The van der Waals surface area contributed by atoms with Gasteiger partial charge in [-0.1, -0.05) is 17.7 Å². The second-order valence-electron chi connectivity index (χ2n) is 4.53. The Morgan fingerprint density at radius 3 is 2.65 bits per heavy atom. The van der Waals surface area contributed by atoms with Crippen molar-refractivity contribution in [2.75, 3.05) is 18.6 Å². The molecule has 2 rings (SSSR count). The Hall–Kier alpha value is -0.400. The SMILES string of the molecule is CS(=O)(=O)CCCNC(c1cccs1)c1ccc(Cl)s1. The van der Waals surface area contributed by atoms with Gasteiger partial charge in [-0.2, -0.15) is 0 Å². The molecule has 0 fully saturated rings. The summed E-state index contributed by atoms with van der Waals surface area (Å²) < 4.78 is 23.0. The molecule has 0 aliphatic carbocycles. The maximum atomic E-state index is 11.1. The summed E-state index contributed by atoms with van der Waals surface area (Å²) in [5.41, 5.74) is 0. The lowest BCUT2D eigenvalue weighted by molar-refractivity contribution is 0.585. The zero-order valence-electron chi connectivity index (χ0n) is 11.0. The van der Waals surface area contributed by atoms with E-state index in [4.69, 9.17) is 11.6 Å². The predicted octanol–water partition coefficient (Wildman–Crippen LogP) is 3.58. The molecule has 0 amide bonds. The summed E-state index contributed by atoms with van der Waals surface area (Å²) >= 11 is 9.23. The number of rotatable bonds is 7. The van der Waals surface area contributed by atoms with Crippen LogP contribution in [0.15, 0.2) is 29.6 Å². The van der Waals surface area contributed by atoms with Gasteiger partial charge in [-0.25, -0.2) is 8.42 Å². The minimum atomic E-state index is -2.89. The zero-order valence-corrected chi connectivity index (χ0v) is 14.2. The van der Waals surface area contributed by atoms with Crippen LogP contribution < -0.4 is 5.32 Å². The molecule has 110 valence electrons. The molecule has 1 N–H and O–H groups in total. The van der Waals surface area contributed by atoms with Gasteiger partial charge in [0.2, 0.25) is 0 Å². The molecule has 1 atom stereocenters. The molecule has 20 heavy (non-hydrogen) atoms. The molecule has 0 radical (unpaired) electrons. The normalized spacial score (nSPS) is 13.5. The van der Waals surface area contributed by atoms with E-state index in [9.17, 15) is 8.42 Å². The van der Waals surface area contributed by atoms with Crippen LogP contribution in [0.1, 0.15) is 22.2 Å². The van der Waals surface area contributed by atoms with Crippen LogP contribution in [0.25, 0.3) is 0 Å². The van der Waals surface area contributed by atoms with Gasteiger partial charge in [0.25, 0.3) is 0 Å². The van der Waals surface area contributed by atoms with Crippen LogP contribution in [0.3, 0.4) is 0 Å². The zero-order chi connectivity index (χ0) is 14.6. The summed E-state index contributed by atoms with van der Waals surface area (Å²) in [6.45, 7) is 0.658. The Morgan fingerprint density at radius 1 is 1.30 bits per heavy atom. The van der Waals surface area contributed by atoms with E-state index in [2.05, 4.69) is 11.4 Å². The Labute approximate surface area is 132 Å². The van der Waals surface area contributed by atoms with Crippen molar-refractivity contribution in [1.82, 2.24) is 5.32 Å². The van der Waals surface area contributed by atoms with Crippen molar-refractivity contribution in [1.29, 1.82) is 0 Å². The van der Waals surface area contributed by atoms with Crippen molar-refractivity contribution in [3.8, 4) is 0 Å². The maximum absolute atomic E-state index is 11.1. The molecular weight excluding hydrogens is 334 g/mol. The second-order valence-corrected chi connectivity index (χ2v) is 9.51. The van der Waals surface area contributed by atoms with Crippen molar-refractivity contribution >= 4 is 44.1 Å². The van der Waals surface area contributed by atoms with E-state index in [1.807, 2.05) is 23.6 Å². The van der Waals surface area contributed by atoms with E-state index in [0.29, 0.717) is 13.0 Å². The second kappa shape index (κ2) is 7.04. The Balaban J connectivity index is 2.01. The fraction of sp³-hybridized carbons (Fsp3) is 0.385. The lowest BCUT2D eigenvalue weighted by Crippen LogP contribution is -2.23. The van der Waals surface area contributed by atoms with Gasteiger partial charge in [-0.05, 0) is 36.5 Å². The van der Waals surface area contributed by atoms with Gasteiger partial charge in [0.15, 0.2) is 0 Å². The Bertz CT molecular complexity index is 634. The van der Waals surface area contributed by atoms with Crippen LogP contribution in [0.4, 0.5) is 0 Å². The fourth-order valence-electron chi connectivity index (χ4n) is 1.86. The average molecular weight is 350 g/mol. The Morgan fingerprint density at radius 2 is 2.10 bits per heavy atom. The van der Waals surface area contributed by atoms with Crippen LogP contribution in [-0.2, 0) is 9.84 Å². The van der Waals surface area contributed by atoms with Gasteiger partial charge in [-0.3, -0.25) is 0 Å². The highest BCUT2D eigenvalue weighted by Crippen LogP contribution is 2.32. The summed E-state index contributed by atoms with van der Waals surface area (Å²) in [6.07, 6.45) is 1.88. The molecule has 0 saturated heterocycles. The highest BCUT2D eigenvalue weighted by atomic mass is 35.5. The van der Waals surface area contributed by atoms with Crippen LogP contribution in [0.5, 0.6) is 0 Å². The number of nitrogens with one attached hydrogen (secondary N) is 1. The van der Waals surface area contributed by atoms with Crippen molar-refractivity contribution < 1.29 is 8.42 Å². The van der Waals surface area contributed by atoms with Crippen molar-refractivity contribution in [3.63, 3.8) is 0 Å². The predicted molar refractivity (Wildman–Crippen MR) is 87.8 cm³/mol. The minimum absolute atomic E-state index is 0.0899. The van der Waals surface area contributed by atoms with Crippen LogP contribution in [0, 0.1) is 0 Å². The topological polar surface area (TPSA) is 46.2 Å². The lowest BCUT2D eigenvalue weighted by atomic mass is 10.2. The molecule has 3 nitrogen and oxygen atoms in total. The molecule has 1 unspecified atom stereocenters. The summed E-state index contributed by atoms with van der Waals surface area (Å²) in [5, 5.41) is 5.46. The van der Waals surface area contributed by atoms with E-state index in [1.165, 1.54) is 11.1 Å². The van der Waals surface area contributed by atoms with E-state index in [1.54, 1.807) is 22.7 Å². The van der Waals surface area contributed by atoms with Crippen LogP contribution >= 0.6 is 34.3 Å². The standard InChI is InChI=1S/C13H16ClNO2S3/c1-20(16,17)9-3-7-15-13(10-4-2-8-18-10)11-5-6-12(14)19-11/h2,4-6,8,13,15H,3,7,9H2,1H3. The highest BCUT2D eigenvalue weighted by Gasteiger charge is 2.16. The Kier molecular flexibility index (Phi) is 5.63. The first-order valence-electron chi connectivity index (χ1n) is 6.15. The first-order valence-corrected chi connectivity index (χ1v) is 10.3. The van der Waals surface area contributed by atoms with E-state index in [0.717, 1.165) is 9.21 Å².